The lowest BCUT2D eigenvalue weighted by Gasteiger charge is -2.41. The van der Waals surface area contributed by atoms with E-state index in [2.05, 4.69) is 4.72 Å². The van der Waals surface area contributed by atoms with Crippen molar-refractivity contribution in [1.29, 1.82) is 0 Å². The van der Waals surface area contributed by atoms with Gasteiger partial charge in [0.15, 0.2) is 0 Å². The van der Waals surface area contributed by atoms with E-state index in [9.17, 15) is 13.2 Å². The predicted octanol–water partition coefficient (Wildman–Crippen LogP) is 3.43. The number of carbonyl (C=O) groups is 1. The van der Waals surface area contributed by atoms with Crippen LogP contribution in [-0.4, -0.2) is 38.4 Å². The lowest BCUT2D eigenvalue weighted by molar-refractivity contribution is 0.0520. The van der Waals surface area contributed by atoms with Gasteiger partial charge in [-0.2, -0.15) is 0 Å². The van der Waals surface area contributed by atoms with E-state index >= 15 is 0 Å². The van der Waals surface area contributed by atoms with Gasteiger partial charge in [0.2, 0.25) is 10.0 Å². The number of sulfonamides is 1. The molecular formula is C19H25ClN2O3S. The van der Waals surface area contributed by atoms with E-state index in [4.69, 9.17) is 11.6 Å². The molecule has 2 atom stereocenters. The van der Waals surface area contributed by atoms with Crippen molar-refractivity contribution >= 4 is 27.5 Å². The summed E-state index contributed by atoms with van der Waals surface area (Å²) in [7, 11) is -3.69. The zero-order valence-electron chi connectivity index (χ0n) is 14.8. The molecule has 7 heteroatoms. The molecule has 1 aromatic rings. The largest absolute Gasteiger partial charge is 0.338 e. The summed E-state index contributed by atoms with van der Waals surface area (Å²) >= 11 is 6.12. The molecule has 1 heterocycles. The first kappa shape index (κ1) is 18.3. The summed E-state index contributed by atoms with van der Waals surface area (Å²) in [5, 5.41) is 0.153. The Labute approximate surface area is 160 Å². The van der Waals surface area contributed by atoms with Crippen molar-refractivity contribution in [2.45, 2.75) is 55.9 Å². The number of likely N-dealkylation sites (tertiary alicyclic amines) is 1. The normalized spacial score (nSPS) is 26.4. The van der Waals surface area contributed by atoms with Crippen LogP contribution < -0.4 is 4.72 Å². The Morgan fingerprint density at radius 2 is 1.81 bits per heavy atom. The Hall–Kier alpha value is -1.11. The average Bonchev–Trinajstić information content (AvgIpc) is 3.44. The maximum absolute atomic E-state index is 13.0. The number of nitrogens with zero attached hydrogens (tertiary/aromatic N) is 1. The first-order valence-electron chi connectivity index (χ1n) is 9.55. The SMILES string of the molecule is O=C(c1ccc(Cl)c(S(=O)(=O)NC2CC2)c1)N1CCC2CCCCC2C1. The minimum absolute atomic E-state index is 0.000698. The molecule has 1 N–H and O–H groups in total. The molecule has 3 aliphatic rings. The summed E-state index contributed by atoms with van der Waals surface area (Å²) in [5.74, 6) is 1.25. The third-order valence-electron chi connectivity index (χ3n) is 5.95. The fraction of sp³-hybridized carbons (Fsp3) is 0.632. The van der Waals surface area contributed by atoms with Crippen molar-refractivity contribution in [1.82, 2.24) is 9.62 Å². The molecule has 1 aliphatic heterocycles. The highest BCUT2D eigenvalue weighted by Crippen LogP contribution is 2.36. The highest BCUT2D eigenvalue weighted by atomic mass is 35.5. The van der Waals surface area contributed by atoms with Crippen LogP contribution in [0.25, 0.3) is 0 Å². The molecule has 4 rings (SSSR count). The second kappa shape index (κ2) is 7.13. The number of fused-ring (bicyclic) bond motifs is 1. The highest BCUT2D eigenvalue weighted by Gasteiger charge is 2.34. The topological polar surface area (TPSA) is 66.5 Å². The summed E-state index contributed by atoms with van der Waals surface area (Å²) in [6.45, 7) is 1.54. The monoisotopic (exact) mass is 396 g/mol. The Kier molecular flexibility index (Phi) is 5.01. The Morgan fingerprint density at radius 3 is 2.54 bits per heavy atom. The third-order valence-corrected chi connectivity index (χ3v) is 7.95. The van der Waals surface area contributed by atoms with Gasteiger partial charge in [0.1, 0.15) is 4.90 Å². The number of carbonyl (C=O) groups excluding carboxylic acids is 1. The molecule has 5 nitrogen and oxygen atoms in total. The summed E-state index contributed by atoms with van der Waals surface area (Å²) in [4.78, 5) is 14.9. The van der Waals surface area contributed by atoms with Crippen LogP contribution in [0.3, 0.4) is 0 Å². The van der Waals surface area contributed by atoms with Crippen LogP contribution in [0.15, 0.2) is 23.1 Å². The lowest BCUT2D eigenvalue weighted by Crippen LogP contribution is -2.44. The fourth-order valence-electron chi connectivity index (χ4n) is 4.29. The molecule has 26 heavy (non-hydrogen) atoms. The highest BCUT2D eigenvalue weighted by molar-refractivity contribution is 7.89. The zero-order valence-corrected chi connectivity index (χ0v) is 16.4. The molecule has 142 valence electrons. The molecule has 2 saturated carbocycles. The van der Waals surface area contributed by atoms with Gasteiger partial charge in [-0.15, -0.1) is 0 Å². The molecule has 1 amide bonds. The minimum Gasteiger partial charge on any atom is -0.338 e. The molecule has 0 bridgehead atoms. The van der Waals surface area contributed by atoms with Crippen LogP contribution >= 0.6 is 11.6 Å². The lowest BCUT2D eigenvalue weighted by atomic mass is 9.75. The van der Waals surface area contributed by atoms with E-state index in [1.54, 1.807) is 6.07 Å². The maximum Gasteiger partial charge on any atom is 0.253 e. The first-order chi connectivity index (χ1) is 12.4. The molecule has 3 fully saturated rings. The summed E-state index contributed by atoms with van der Waals surface area (Å²) in [6.07, 6.45) is 7.79. The molecule has 0 aromatic heterocycles. The molecule has 2 unspecified atom stereocenters. The van der Waals surface area contributed by atoms with Crippen molar-refractivity contribution in [3.05, 3.63) is 28.8 Å². The number of rotatable bonds is 4. The van der Waals surface area contributed by atoms with E-state index in [1.165, 1.54) is 37.8 Å². The van der Waals surface area contributed by atoms with Crippen LogP contribution in [0.1, 0.15) is 55.3 Å². The van der Waals surface area contributed by atoms with Crippen molar-refractivity contribution in [3.63, 3.8) is 0 Å². The molecule has 0 spiro atoms. The summed E-state index contributed by atoms with van der Waals surface area (Å²) in [5.41, 5.74) is 0.403. The second-order valence-electron chi connectivity index (χ2n) is 7.89. The summed E-state index contributed by atoms with van der Waals surface area (Å²) < 4.78 is 27.7. The van der Waals surface area contributed by atoms with Crippen LogP contribution in [0.4, 0.5) is 0 Å². The van der Waals surface area contributed by atoms with Gasteiger partial charge in [0.25, 0.3) is 5.91 Å². The van der Waals surface area contributed by atoms with Gasteiger partial charge in [-0.3, -0.25) is 4.79 Å². The van der Waals surface area contributed by atoms with Crippen LogP contribution in [-0.2, 0) is 10.0 Å². The number of benzene rings is 1. The Bertz CT molecular complexity index is 807. The van der Waals surface area contributed by atoms with Crippen molar-refractivity contribution in [2.75, 3.05) is 13.1 Å². The quantitative estimate of drug-likeness (QED) is 0.847. The fourth-order valence-corrected chi connectivity index (χ4v) is 6.12. The predicted molar refractivity (Wildman–Crippen MR) is 101 cm³/mol. The van der Waals surface area contributed by atoms with Gasteiger partial charge in [-0.25, -0.2) is 13.1 Å². The van der Waals surface area contributed by atoms with Crippen LogP contribution in [0.2, 0.25) is 5.02 Å². The average molecular weight is 397 g/mol. The number of hydrogen-bond acceptors (Lipinski definition) is 3. The Morgan fingerprint density at radius 1 is 1.08 bits per heavy atom. The van der Waals surface area contributed by atoms with E-state index in [-0.39, 0.29) is 21.9 Å². The number of piperidine rings is 1. The van der Waals surface area contributed by atoms with Gasteiger partial charge in [-0.1, -0.05) is 30.9 Å². The molecule has 1 saturated heterocycles. The summed E-state index contributed by atoms with van der Waals surface area (Å²) in [6, 6.07) is 4.58. The van der Waals surface area contributed by atoms with Gasteiger partial charge >= 0.3 is 0 Å². The number of amides is 1. The maximum atomic E-state index is 13.0. The molecule has 1 aromatic carbocycles. The first-order valence-corrected chi connectivity index (χ1v) is 11.4. The second-order valence-corrected chi connectivity index (χ2v) is 9.97. The number of hydrogen-bond donors (Lipinski definition) is 1. The Balaban J connectivity index is 1.53. The smallest absolute Gasteiger partial charge is 0.253 e. The van der Waals surface area contributed by atoms with Crippen molar-refractivity contribution < 1.29 is 13.2 Å². The molecular weight excluding hydrogens is 372 g/mol. The standard InChI is InChI=1S/C19H25ClN2O3S/c20-17-8-5-14(11-18(17)26(24,25)21-16-6-7-16)19(23)22-10-9-13-3-1-2-4-15(13)12-22/h5,8,11,13,15-16,21H,1-4,6-7,9-10,12H2. The molecule has 0 radical (unpaired) electrons. The van der Waals surface area contributed by atoms with Gasteiger partial charge in [0.05, 0.1) is 5.02 Å². The third kappa shape index (κ3) is 3.78. The molecule has 2 aliphatic carbocycles. The number of halogens is 1. The van der Waals surface area contributed by atoms with Gasteiger partial charge in [0, 0.05) is 24.7 Å². The van der Waals surface area contributed by atoms with Crippen molar-refractivity contribution in [2.24, 2.45) is 11.8 Å². The number of nitrogens with one attached hydrogen (secondary N) is 1. The van der Waals surface area contributed by atoms with E-state index < -0.39 is 10.0 Å². The zero-order chi connectivity index (χ0) is 18.3. The van der Waals surface area contributed by atoms with Gasteiger partial charge in [-0.05, 0) is 55.7 Å². The van der Waals surface area contributed by atoms with Crippen LogP contribution in [0.5, 0.6) is 0 Å². The van der Waals surface area contributed by atoms with Crippen LogP contribution in [0, 0.1) is 11.8 Å². The van der Waals surface area contributed by atoms with E-state index in [1.807, 2.05) is 4.90 Å². The minimum atomic E-state index is -3.69. The van der Waals surface area contributed by atoms with E-state index in [0.29, 0.717) is 11.5 Å². The van der Waals surface area contributed by atoms with E-state index in [0.717, 1.165) is 38.3 Å². The van der Waals surface area contributed by atoms with Crippen molar-refractivity contribution in [3.8, 4) is 0 Å². The van der Waals surface area contributed by atoms with Gasteiger partial charge < -0.3 is 4.90 Å².